The highest BCUT2D eigenvalue weighted by Crippen LogP contribution is 2.29. The van der Waals surface area contributed by atoms with E-state index < -0.39 is 16.2 Å². The van der Waals surface area contributed by atoms with Gasteiger partial charge < -0.3 is 0 Å². The maximum Gasteiger partial charge on any atom is 0.332 e. The largest absolute Gasteiger partial charge is 0.332 e. The van der Waals surface area contributed by atoms with Gasteiger partial charge in [0.2, 0.25) is 0 Å². The van der Waals surface area contributed by atoms with Gasteiger partial charge in [0.25, 0.3) is 11.2 Å². The summed E-state index contributed by atoms with van der Waals surface area (Å²) in [5.74, 6) is 0.769. The Kier molecular flexibility index (Phi) is 5.34. The zero-order valence-corrected chi connectivity index (χ0v) is 17.4. The van der Waals surface area contributed by atoms with Crippen molar-refractivity contribution >= 4 is 28.5 Å². The van der Waals surface area contributed by atoms with Crippen molar-refractivity contribution in [3.8, 4) is 11.4 Å². The molecule has 0 radical (unpaired) electrons. The Morgan fingerprint density at radius 2 is 1.81 bits per heavy atom. The zero-order valence-electron chi connectivity index (χ0n) is 16.6. The van der Waals surface area contributed by atoms with Crippen molar-refractivity contribution in [2.45, 2.75) is 10.8 Å². The molecule has 3 aromatic heterocycles. The van der Waals surface area contributed by atoms with Gasteiger partial charge in [0.1, 0.15) is 10.4 Å². The van der Waals surface area contributed by atoms with Crippen molar-refractivity contribution < 1.29 is 4.92 Å². The van der Waals surface area contributed by atoms with Gasteiger partial charge in [-0.3, -0.25) is 29.0 Å². The van der Waals surface area contributed by atoms with E-state index in [9.17, 15) is 19.7 Å². The lowest BCUT2D eigenvalue weighted by Crippen LogP contribution is -2.37. The number of thioether (sulfide) groups is 1. The number of hydrogen-bond acceptors (Lipinski definition) is 8. The normalized spacial score (nSPS) is 11.0. The number of nitro groups is 1. The lowest BCUT2D eigenvalue weighted by atomic mass is 10.2. The summed E-state index contributed by atoms with van der Waals surface area (Å²) in [6, 6.07) is 9.51. The first kappa shape index (κ1) is 20.4. The second-order valence-corrected chi connectivity index (χ2v) is 7.67. The number of nitro benzene ring substituents is 1. The fraction of sp³-hybridized carbons (Fsp3) is 0.150. The summed E-state index contributed by atoms with van der Waals surface area (Å²) in [7, 11) is 2.94. The minimum Gasteiger partial charge on any atom is -0.280 e. The van der Waals surface area contributed by atoms with E-state index in [1.54, 1.807) is 12.4 Å². The van der Waals surface area contributed by atoms with Crippen molar-refractivity contribution in [1.29, 1.82) is 0 Å². The van der Waals surface area contributed by atoms with Gasteiger partial charge in [0.15, 0.2) is 11.5 Å². The molecule has 11 heteroatoms. The monoisotopic (exact) mass is 436 g/mol. The van der Waals surface area contributed by atoms with Gasteiger partial charge in [-0.2, -0.15) is 0 Å². The summed E-state index contributed by atoms with van der Waals surface area (Å²) >= 11 is 1.33. The molecule has 0 aliphatic rings. The van der Waals surface area contributed by atoms with E-state index in [0.717, 1.165) is 10.1 Å². The van der Waals surface area contributed by atoms with Crippen LogP contribution in [0.5, 0.6) is 0 Å². The molecule has 0 fully saturated rings. The highest BCUT2D eigenvalue weighted by molar-refractivity contribution is 7.98. The summed E-state index contributed by atoms with van der Waals surface area (Å²) in [4.78, 5) is 48.9. The highest BCUT2D eigenvalue weighted by Gasteiger charge is 2.18. The molecule has 10 nitrogen and oxygen atoms in total. The molecular formula is C20H16N6O4S. The Bertz CT molecular complexity index is 1410. The number of non-ortho nitro benzene ring substituents is 1. The number of pyridine rings is 1. The van der Waals surface area contributed by atoms with Crippen LogP contribution in [0.4, 0.5) is 5.69 Å². The molecule has 0 saturated carbocycles. The highest BCUT2D eigenvalue weighted by atomic mass is 32.2. The van der Waals surface area contributed by atoms with Crippen molar-refractivity contribution in [1.82, 2.24) is 24.1 Å². The zero-order chi connectivity index (χ0) is 22.1. The van der Waals surface area contributed by atoms with E-state index in [1.165, 1.54) is 54.7 Å². The van der Waals surface area contributed by atoms with E-state index in [0.29, 0.717) is 16.3 Å². The van der Waals surface area contributed by atoms with Crippen LogP contribution in [0.25, 0.3) is 22.4 Å². The molecule has 0 atom stereocenters. The number of benzene rings is 1. The fourth-order valence-corrected chi connectivity index (χ4v) is 3.98. The molecule has 0 unspecified atom stereocenters. The molecule has 4 aromatic rings. The third kappa shape index (κ3) is 3.82. The summed E-state index contributed by atoms with van der Waals surface area (Å²) in [6.45, 7) is 0. The Morgan fingerprint density at radius 1 is 1.06 bits per heavy atom. The van der Waals surface area contributed by atoms with Crippen molar-refractivity contribution in [3.05, 3.63) is 85.3 Å². The molecule has 0 N–H and O–H groups in total. The van der Waals surface area contributed by atoms with Crippen molar-refractivity contribution in [2.75, 3.05) is 0 Å². The summed E-state index contributed by atoms with van der Waals surface area (Å²) in [5.41, 5.74) is 0.625. The van der Waals surface area contributed by atoms with Crippen LogP contribution in [0.3, 0.4) is 0 Å². The molecule has 3 heterocycles. The van der Waals surface area contributed by atoms with Gasteiger partial charge in [0.05, 0.1) is 4.92 Å². The smallest absolute Gasteiger partial charge is 0.280 e. The molecule has 0 bridgehead atoms. The Morgan fingerprint density at radius 3 is 2.45 bits per heavy atom. The topological polar surface area (TPSA) is 126 Å². The van der Waals surface area contributed by atoms with E-state index in [-0.39, 0.29) is 22.5 Å². The molecule has 1 aromatic carbocycles. The quantitative estimate of drug-likeness (QED) is 0.202. The van der Waals surface area contributed by atoms with Crippen LogP contribution in [-0.4, -0.2) is 29.0 Å². The van der Waals surface area contributed by atoms with Crippen LogP contribution in [-0.2, 0) is 19.8 Å². The minimum absolute atomic E-state index is 0.0583. The van der Waals surface area contributed by atoms with Crippen molar-refractivity contribution in [3.63, 3.8) is 0 Å². The van der Waals surface area contributed by atoms with Gasteiger partial charge in [0, 0.05) is 49.9 Å². The first-order chi connectivity index (χ1) is 14.9. The fourth-order valence-electron chi connectivity index (χ4n) is 3.03. The Labute approximate surface area is 179 Å². The second kappa shape index (κ2) is 8.11. The average molecular weight is 436 g/mol. The number of fused-ring (bicyclic) bond motifs is 1. The number of nitrogens with zero attached hydrogens (tertiary/aromatic N) is 6. The van der Waals surface area contributed by atoms with Crippen LogP contribution >= 0.6 is 11.8 Å². The molecule has 4 rings (SSSR count). The Balaban J connectivity index is 1.91. The molecular weight excluding hydrogens is 420 g/mol. The molecule has 0 spiro atoms. The van der Waals surface area contributed by atoms with E-state index in [1.807, 2.05) is 12.1 Å². The lowest BCUT2D eigenvalue weighted by molar-refractivity contribution is -0.384. The van der Waals surface area contributed by atoms with Crippen LogP contribution in [0.2, 0.25) is 0 Å². The number of hydrogen-bond donors (Lipinski definition) is 0. The van der Waals surface area contributed by atoms with Crippen LogP contribution in [0.15, 0.2) is 63.4 Å². The number of rotatable bonds is 5. The van der Waals surface area contributed by atoms with Gasteiger partial charge in [-0.25, -0.2) is 14.8 Å². The van der Waals surface area contributed by atoms with Gasteiger partial charge >= 0.3 is 5.69 Å². The van der Waals surface area contributed by atoms with Gasteiger partial charge in [-0.15, -0.1) is 11.8 Å². The third-order valence-electron chi connectivity index (χ3n) is 4.70. The van der Waals surface area contributed by atoms with Crippen LogP contribution in [0.1, 0.15) is 5.56 Å². The molecule has 31 heavy (non-hydrogen) atoms. The molecule has 156 valence electrons. The standard InChI is InChI=1S/C20H16N6O4S/c1-24-17-15(19(27)25(2)20(24)28)18(31-11-12-4-3-9-21-10-12)23-16(22-17)13-5-7-14(8-6-13)26(29)30/h3-10H,11H2,1-2H3. The average Bonchev–Trinajstić information content (AvgIpc) is 2.80. The summed E-state index contributed by atoms with van der Waals surface area (Å²) in [6.07, 6.45) is 3.40. The SMILES string of the molecule is Cn1c(=O)c2c(SCc3cccnc3)nc(-c3ccc([N+](=O)[O-])cc3)nc2n(C)c1=O. The molecule has 0 saturated heterocycles. The number of aryl methyl sites for hydroxylation is 1. The predicted octanol–water partition coefficient (Wildman–Crippen LogP) is 2.29. The molecule has 0 amide bonds. The summed E-state index contributed by atoms with van der Waals surface area (Å²) in [5, 5.41) is 11.6. The van der Waals surface area contributed by atoms with Crippen LogP contribution < -0.4 is 11.2 Å². The molecule has 0 aliphatic heterocycles. The molecule has 0 aliphatic carbocycles. The van der Waals surface area contributed by atoms with E-state index in [4.69, 9.17) is 0 Å². The third-order valence-corrected chi connectivity index (χ3v) is 5.75. The maximum atomic E-state index is 12.9. The number of aromatic nitrogens is 5. The van der Waals surface area contributed by atoms with Gasteiger partial charge in [-0.05, 0) is 23.8 Å². The maximum absolute atomic E-state index is 12.9. The Hall–Kier alpha value is -3.86. The van der Waals surface area contributed by atoms with E-state index >= 15 is 0 Å². The first-order valence-electron chi connectivity index (χ1n) is 9.11. The van der Waals surface area contributed by atoms with Crippen molar-refractivity contribution in [2.24, 2.45) is 14.1 Å². The second-order valence-electron chi connectivity index (χ2n) is 6.71. The van der Waals surface area contributed by atoms with Crippen LogP contribution in [0, 0.1) is 10.1 Å². The predicted molar refractivity (Wildman–Crippen MR) is 116 cm³/mol. The lowest BCUT2D eigenvalue weighted by Gasteiger charge is -2.12. The minimum atomic E-state index is -0.506. The van der Waals surface area contributed by atoms with Gasteiger partial charge in [-0.1, -0.05) is 6.07 Å². The summed E-state index contributed by atoms with van der Waals surface area (Å²) < 4.78 is 2.31. The van der Waals surface area contributed by atoms with E-state index in [2.05, 4.69) is 15.0 Å². The first-order valence-corrected chi connectivity index (χ1v) is 10.1.